The first kappa shape index (κ1) is 10.8. The highest BCUT2D eigenvalue weighted by Gasteiger charge is 2.07. The van der Waals surface area contributed by atoms with E-state index in [1.54, 1.807) is 0 Å². The predicted octanol–water partition coefficient (Wildman–Crippen LogP) is 1.25. The molecule has 0 atom stereocenters. The summed E-state index contributed by atoms with van der Waals surface area (Å²) in [5.74, 6) is 1.32. The molecule has 0 spiro atoms. The molecule has 4 heteroatoms. The summed E-state index contributed by atoms with van der Waals surface area (Å²) in [6, 6.07) is 1.53. The van der Waals surface area contributed by atoms with Gasteiger partial charge in [0.05, 0.1) is 6.33 Å². The summed E-state index contributed by atoms with van der Waals surface area (Å²) >= 11 is 0. The van der Waals surface area contributed by atoms with Gasteiger partial charge in [-0.25, -0.2) is 4.98 Å². The van der Waals surface area contributed by atoms with E-state index in [2.05, 4.69) is 35.6 Å². The van der Waals surface area contributed by atoms with Crippen LogP contribution in [-0.4, -0.2) is 23.1 Å². The predicted molar refractivity (Wildman–Crippen MR) is 57.6 cm³/mol. The summed E-state index contributed by atoms with van der Waals surface area (Å²) in [5, 5.41) is 0. The van der Waals surface area contributed by atoms with E-state index >= 15 is 0 Å². The minimum absolute atomic E-state index is 0.0998. The zero-order chi connectivity index (χ0) is 10.6. The molecule has 1 heterocycles. The smallest absolute Gasteiger partial charge is 0.252 e. The molecule has 1 aromatic rings. The molecule has 1 N–H and O–H groups in total. The second kappa shape index (κ2) is 4.79. The van der Waals surface area contributed by atoms with Crippen molar-refractivity contribution in [3.8, 4) is 0 Å². The summed E-state index contributed by atoms with van der Waals surface area (Å²) in [4.78, 5) is 19.8. The molecule has 0 radical (unpaired) electrons. The molecule has 0 aliphatic rings. The van der Waals surface area contributed by atoms with Gasteiger partial charge in [-0.2, -0.15) is 0 Å². The van der Waals surface area contributed by atoms with Gasteiger partial charge >= 0.3 is 0 Å². The first-order valence-electron chi connectivity index (χ1n) is 4.93. The molecule has 0 saturated heterocycles. The molecule has 0 saturated carbocycles. The number of aromatic amines is 1. The fourth-order valence-corrected chi connectivity index (χ4v) is 1.36. The van der Waals surface area contributed by atoms with Crippen molar-refractivity contribution in [2.24, 2.45) is 5.92 Å². The lowest BCUT2D eigenvalue weighted by Crippen LogP contribution is -2.29. The lowest BCUT2D eigenvalue weighted by Gasteiger charge is -2.23. The van der Waals surface area contributed by atoms with Crippen molar-refractivity contribution in [2.45, 2.75) is 20.8 Å². The van der Waals surface area contributed by atoms with Crippen molar-refractivity contribution in [2.75, 3.05) is 18.0 Å². The van der Waals surface area contributed by atoms with Gasteiger partial charge in [0.1, 0.15) is 5.82 Å². The number of anilines is 1. The number of rotatable bonds is 4. The number of nitrogens with zero attached hydrogens (tertiary/aromatic N) is 2. The maximum Gasteiger partial charge on any atom is 0.252 e. The van der Waals surface area contributed by atoms with E-state index in [1.165, 1.54) is 12.4 Å². The third-order valence-corrected chi connectivity index (χ3v) is 1.96. The van der Waals surface area contributed by atoms with Crippen LogP contribution in [0.1, 0.15) is 20.8 Å². The maximum absolute atomic E-state index is 11.1. The monoisotopic (exact) mass is 195 g/mol. The Bertz CT molecular complexity index is 332. The molecule has 0 aliphatic carbocycles. The van der Waals surface area contributed by atoms with Crippen molar-refractivity contribution in [1.82, 2.24) is 9.97 Å². The van der Waals surface area contributed by atoms with Gasteiger partial charge in [-0.3, -0.25) is 4.79 Å². The molecule has 0 unspecified atom stereocenters. The molecule has 0 bridgehead atoms. The second-order valence-electron chi connectivity index (χ2n) is 3.70. The van der Waals surface area contributed by atoms with Crippen LogP contribution in [0.25, 0.3) is 0 Å². The van der Waals surface area contributed by atoms with Crippen molar-refractivity contribution < 1.29 is 0 Å². The third kappa shape index (κ3) is 2.87. The highest BCUT2D eigenvalue weighted by atomic mass is 16.1. The van der Waals surface area contributed by atoms with Crippen LogP contribution < -0.4 is 10.5 Å². The molecule has 0 aliphatic heterocycles. The molecule has 0 fully saturated rings. The molecular formula is C10H17N3O. The average molecular weight is 195 g/mol. The van der Waals surface area contributed by atoms with Crippen LogP contribution in [0, 0.1) is 5.92 Å². The lowest BCUT2D eigenvalue weighted by molar-refractivity contribution is 0.613. The minimum Gasteiger partial charge on any atom is -0.356 e. The fraction of sp³-hybridized carbons (Fsp3) is 0.600. The van der Waals surface area contributed by atoms with Crippen LogP contribution in [0.3, 0.4) is 0 Å². The van der Waals surface area contributed by atoms with Crippen LogP contribution >= 0.6 is 0 Å². The average Bonchev–Trinajstić information content (AvgIpc) is 2.14. The Morgan fingerprint density at radius 2 is 2.29 bits per heavy atom. The minimum atomic E-state index is -0.0998. The first-order chi connectivity index (χ1) is 6.63. The van der Waals surface area contributed by atoms with E-state index < -0.39 is 0 Å². The largest absolute Gasteiger partial charge is 0.356 e. The van der Waals surface area contributed by atoms with Gasteiger partial charge in [-0.1, -0.05) is 13.8 Å². The van der Waals surface area contributed by atoms with Gasteiger partial charge in [0.25, 0.3) is 5.56 Å². The summed E-state index contributed by atoms with van der Waals surface area (Å²) in [7, 11) is 0. The van der Waals surface area contributed by atoms with Crippen LogP contribution in [0.15, 0.2) is 17.2 Å². The molecule has 1 rings (SSSR count). The lowest BCUT2D eigenvalue weighted by atomic mass is 10.2. The normalized spacial score (nSPS) is 10.6. The van der Waals surface area contributed by atoms with Gasteiger partial charge in [0.2, 0.25) is 0 Å². The molecule has 0 aromatic carbocycles. The van der Waals surface area contributed by atoms with E-state index in [4.69, 9.17) is 0 Å². The quantitative estimate of drug-likeness (QED) is 0.786. The van der Waals surface area contributed by atoms with Gasteiger partial charge in [0, 0.05) is 19.2 Å². The molecule has 4 nitrogen and oxygen atoms in total. The zero-order valence-corrected chi connectivity index (χ0v) is 8.95. The van der Waals surface area contributed by atoms with Crippen LogP contribution in [0.5, 0.6) is 0 Å². The summed E-state index contributed by atoms with van der Waals surface area (Å²) in [6.07, 6.45) is 1.45. The van der Waals surface area contributed by atoms with Crippen LogP contribution in [-0.2, 0) is 0 Å². The summed E-state index contributed by atoms with van der Waals surface area (Å²) in [6.45, 7) is 8.15. The number of hydrogen-bond acceptors (Lipinski definition) is 3. The van der Waals surface area contributed by atoms with Crippen molar-refractivity contribution in [3.05, 3.63) is 22.7 Å². The van der Waals surface area contributed by atoms with Gasteiger partial charge in [0.15, 0.2) is 0 Å². The molecular weight excluding hydrogens is 178 g/mol. The molecule has 14 heavy (non-hydrogen) atoms. The first-order valence-corrected chi connectivity index (χ1v) is 4.93. The summed E-state index contributed by atoms with van der Waals surface area (Å²) in [5.41, 5.74) is -0.0998. The molecule has 78 valence electrons. The Balaban J connectivity index is 2.83. The Labute approximate surface area is 84.0 Å². The third-order valence-electron chi connectivity index (χ3n) is 1.96. The maximum atomic E-state index is 11.1. The molecule has 0 amide bonds. The number of H-pyrrole nitrogens is 1. The Hall–Kier alpha value is -1.32. The Morgan fingerprint density at radius 1 is 1.57 bits per heavy atom. The second-order valence-corrected chi connectivity index (χ2v) is 3.70. The van der Waals surface area contributed by atoms with Crippen molar-refractivity contribution in [1.29, 1.82) is 0 Å². The van der Waals surface area contributed by atoms with Gasteiger partial charge < -0.3 is 9.88 Å². The number of aromatic nitrogens is 2. The van der Waals surface area contributed by atoms with Gasteiger partial charge in [-0.05, 0) is 12.8 Å². The summed E-state index contributed by atoms with van der Waals surface area (Å²) < 4.78 is 0. The SMILES string of the molecule is CCN(CC(C)C)c1cc(=O)[nH]cn1. The van der Waals surface area contributed by atoms with Crippen molar-refractivity contribution >= 4 is 5.82 Å². The van der Waals surface area contributed by atoms with Crippen LogP contribution in [0.4, 0.5) is 5.82 Å². The standard InChI is InChI=1S/C10H17N3O/c1-4-13(6-8(2)3)9-5-10(14)12-7-11-9/h5,7-8H,4,6H2,1-3H3,(H,11,12,14). The zero-order valence-electron chi connectivity index (χ0n) is 8.95. The van der Waals surface area contributed by atoms with Crippen LogP contribution in [0.2, 0.25) is 0 Å². The molecule has 1 aromatic heterocycles. The Morgan fingerprint density at radius 3 is 2.79 bits per heavy atom. The number of nitrogens with one attached hydrogen (secondary N) is 1. The van der Waals surface area contributed by atoms with E-state index in [-0.39, 0.29) is 5.56 Å². The van der Waals surface area contributed by atoms with E-state index in [9.17, 15) is 4.79 Å². The highest BCUT2D eigenvalue weighted by Crippen LogP contribution is 2.08. The Kier molecular flexibility index (Phi) is 3.68. The van der Waals surface area contributed by atoms with E-state index in [1.807, 2.05) is 0 Å². The van der Waals surface area contributed by atoms with E-state index in [0.29, 0.717) is 5.92 Å². The fourth-order valence-electron chi connectivity index (χ4n) is 1.36. The topological polar surface area (TPSA) is 49.0 Å². The van der Waals surface area contributed by atoms with E-state index in [0.717, 1.165) is 18.9 Å². The number of hydrogen-bond donors (Lipinski definition) is 1. The van der Waals surface area contributed by atoms with Gasteiger partial charge in [-0.15, -0.1) is 0 Å². The highest BCUT2D eigenvalue weighted by molar-refractivity contribution is 5.35. The van der Waals surface area contributed by atoms with Crippen molar-refractivity contribution in [3.63, 3.8) is 0 Å².